The Bertz CT molecular complexity index is 104. The molecule has 8 heavy (non-hydrogen) atoms. The Balaban J connectivity index is 2.25. The van der Waals surface area contributed by atoms with Crippen LogP contribution in [0.2, 0.25) is 0 Å². The van der Waals surface area contributed by atoms with Gasteiger partial charge in [0.05, 0.1) is 6.10 Å². The third-order valence-corrected chi connectivity index (χ3v) is 1.22. The van der Waals surface area contributed by atoms with Crippen molar-refractivity contribution in [2.45, 2.75) is 25.6 Å². The molecule has 1 saturated heterocycles. The Hall–Kier alpha value is -0.570. The summed E-state index contributed by atoms with van der Waals surface area (Å²) >= 11 is 0. The van der Waals surface area contributed by atoms with E-state index in [4.69, 9.17) is 9.84 Å². The highest BCUT2D eigenvalue weighted by atomic mass is 16.5. The van der Waals surface area contributed by atoms with Gasteiger partial charge in [-0.1, -0.05) is 0 Å². The Labute approximate surface area is 47.3 Å². The lowest BCUT2D eigenvalue weighted by atomic mass is 10.1. The molecule has 0 aromatic rings. The van der Waals surface area contributed by atoms with E-state index in [1.54, 1.807) is 0 Å². The van der Waals surface area contributed by atoms with E-state index in [-0.39, 0.29) is 6.10 Å². The van der Waals surface area contributed by atoms with Gasteiger partial charge in [-0.25, -0.2) is 4.79 Å². The zero-order valence-corrected chi connectivity index (χ0v) is 4.63. The molecule has 0 aromatic heterocycles. The van der Waals surface area contributed by atoms with E-state index in [0.29, 0.717) is 6.42 Å². The Morgan fingerprint density at radius 3 is 2.50 bits per heavy atom. The lowest BCUT2D eigenvalue weighted by Crippen LogP contribution is -2.40. The summed E-state index contributed by atoms with van der Waals surface area (Å²) in [6.07, 6.45) is 0.288. The van der Waals surface area contributed by atoms with Crippen LogP contribution in [-0.2, 0) is 9.53 Å². The van der Waals surface area contributed by atoms with Crippen LogP contribution in [0.1, 0.15) is 13.3 Å². The summed E-state index contributed by atoms with van der Waals surface area (Å²) < 4.78 is 4.80. The monoisotopic (exact) mass is 116 g/mol. The summed E-state index contributed by atoms with van der Waals surface area (Å²) in [5.41, 5.74) is 0. The minimum absolute atomic E-state index is 0.149. The summed E-state index contributed by atoms with van der Waals surface area (Å²) in [6, 6.07) is 0. The molecule has 0 bridgehead atoms. The summed E-state index contributed by atoms with van der Waals surface area (Å²) in [6.45, 7) is 1.86. The van der Waals surface area contributed by atoms with E-state index in [2.05, 4.69) is 0 Å². The van der Waals surface area contributed by atoms with Crippen molar-refractivity contribution in [3.8, 4) is 0 Å². The van der Waals surface area contributed by atoms with Crippen LogP contribution in [-0.4, -0.2) is 23.3 Å². The van der Waals surface area contributed by atoms with Gasteiger partial charge in [-0.15, -0.1) is 0 Å². The van der Waals surface area contributed by atoms with E-state index in [9.17, 15) is 4.79 Å². The van der Waals surface area contributed by atoms with Gasteiger partial charge >= 0.3 is 5.97 Å². The Morgan fingerprint density at radius 2 is 2.38 bits per heavy atom. The van der Waals surface area contributed by atoms with Crippen LogP contribution in [0.15, 0.2) is 0 Å². The summed E-state index contributed by atoms with van der Waals surface area (Å²) in [5, 5.41) is 8.23. The average Bonchev–Trinajstić information content (AvgIpc) is 1.57. The predicted molar refractivity (Wildman–Crippen MR) is 26.6 cm³/mol. The zero-order chi connectivity index (χ0) is 6.15. The van der Waals surface area contributed by atoms with E-state index in [1.165, 1.54) is 0 Å². The maximum Gasteiger partial charge on any atom is 0.332 e. The number of hydrogen-bond donors (Lipinski definition) is 1. The molecule has 1 aliphatic heterocycles. The maximum absolute atomic E-state index is 10.0. The van der Waals surface area contributed by atoms with Gasteiger partial charge in [-0.2, -0.15) is 0 Å². The number of carboxylic acid groups (broad SMARTS) is 1. The number of ether oxygens (including phenoxy) is 1. The highest BCUT2D eigenvalue weighted by molar-refractivity contribution is 5.73. The van der Waals surface area contributed by atoms with Crippen molar-refractivity contribution in [3.05, 3.63) is 0 Å². The fourth-order valence-electron chi connectivity index (χ4n) is 0.730. The molecule has 0 radical (unpaired) electrons. The first-order valence-corrected chi connectivity index (χ1v) is 2.58. The third kappa shape index (κ3) is 0.816. The number of carboxylic acids is 1. The first-order chi connectivity index (χ1) is 3.70. The highest BCUT2D eigenvalue weighted by Crippen LogP contribution is 2.19. The zero-order valence-electron chi connectivity index (χ0n) is 4.63. The number of hydrogen-bond acceptors (Lipinski definition) is 2. The molecule has 3 nitrogen and oxygen atoms in total. The standard InChI is InChI=1S/C5H8O3/c1-3-2-4(8-3)5(6)7/h3-4H,2H2,1H3,(H,6,7). The van der Waals surface area contributed by atoms with Crippen LogP contribution in [0.5, 0.6) is 0 Å². The molecule has 0 amide bonds. The van der Waals surface area contributed by atoms with Gasteiger partial charge in [-0.3, -0.25) is 0 Å². The first-order valence-electron chi connectivity index (χ1n) is 2.58. The number of rotatable bonds is 1. The largest absolute Gasteiger partial charge is 0.479 e. The van der Waals surface area contributed by atoms with Gasteiger partial charge < -0.3 is 9.84 Å². The molecule has 46 valence electrons. The fourth-order valence-corrected chi connectivity index (χ4v) is 0.730. The van der Waals surface area contributed by atoms with Crippen LogP contribution in [0.4, 0.5) is 0 Å². The molecule has 2 atom stereocenters. The molecule has 3 heteroatoms. The average molecular weight is 116 g/mol. The molecule has 1 heterocycles. The normalized spacial score (nSPS) is 36.1. The van der Waals surface area contributed by atoms with Crippen molar-refractivity contribution in [2.75, 3.05) is 0 Å². The van der Waals surface area contributed by atoms with Crippen LogP contribution in [0.3, 0.4) is 0 Å². The summed E-state index contributed by atoms with van der Waals surface area (Å²) in [5.74, 6) is -0.844. The van der Waals surface area contributed by atoms with Gasteiger partial charge in [0.25, 0.3) is 0 Å². The van der Waals surface area contributed by atoms with Crippen LogP contribution >= 0.6 is 0 Å². The fraction of sp³-hybridized carbons (Fsp3) is 0.800. The number of aliphatic carboxylic acids is 1. The summed E-state index contributed by atoms with van der Waals surface area (Å²) in [7, 11) is 0. The van der Waals surface area contributed by atoms with E-state index >= 15 is 0 Å². The Morgan fingerprint density at radius 1 is 1.88 bits per heavy atom. The van der Waals surface area contributed by atoms with Gasteiger partial charge in [0.2, 0.25) is 0 Å². The van der Waals surface area contributed by atoms with Crippen LogP contribution in [0, 0.1) is 0 Å². The minimum atomic E-state index is -0.844. The Kier molecular flexibility index (Phi) is 1.21. The predicted octanol–water partition coefficient (Wildman–Crippen LogP) is 0.248. The molecule has 1 fully saturated rings. The van der Waals surface area contributed by atoms with Crippen molar-refractivity contribution in [2.24, 2.45) is 0 Å². The molecule has 0 spiro atoms. The second kappa shape index (κ2) is 1.74. The SMILES string of the molecule is CC1CC(C(=O)O)O1. The second-order valence-corrected chi connectivity index (χ2v) is 2.01. The topological polar surface area (TPSA) is 46.5 Å². The van der Waals surface area contributed by atoms with Gasteiger partial charge in [0.15, 0.2) is 6.10 Å². The van der Waals surface area contributed by atoms with Crippen LogP contribution < -0.4 is 0 Å². The third-order valence-electron chi connectivity index (χ3n) is 1.22. The molecule has 1 aliphatic rings. The van der Waals surface area contributed by atoms with E-state index < -0.39 is 12.1 Å². The van der Waals surface area contributed by atoms with Crippen molar-refractivity contribution >= 4 is 5.97 Å². The molecule has 1 rings (SSSR count). The van der Waals surface area contributed by atoms with E-state index in [1.807, 2.05) is 6.92 Å². The van der Waals surface area contributed by atoms with Gasteiger partial charge in [0.1, 0.15) is 0 Å². The van der Waals surface area contributed by atoms with Crippen molar-refractivity contribution in [3.63, 3.8) is 0 Å². The molecule has 2 unspecified atom stereocenters. The highest BCUT2D eigenvalue weighted by Gasteiger charge is 2.31. The van der Waals surface area contributed by atoms with E-state index in [0.717, 1.165) is 0 Å². The van der Waals surface area contributed by atoms with Gasteiger partial charge in [-0.05, 0) is 6.92 Å². The first kappa shape index (κ1) is 5.56. The molecular formula is C5H8O3. The lowest BCUT2D eigenvalue weighted by Gasteiger charge is -2.29. The number of carbonyl (C=O) groups is 1. The summed E-state index contributed by atoms with van der Waals surface area (Å²) in [4.78, 5) is 10.0. The smallest absolute Gasteiger partial charge is 0.332 e. The lowest BCUT2D eigenvalue weighted by molar-refractivity contribution is -0.175. The molecular weight excluding hydrogens is 108 g/mol. The quantitative estimate of drug-likeness (QED) is 0.534. The molecule has 0 aliphatic carbocycles. The van der Waals surface area contributed by atoms with Crippen LogP contribution in [0.25, 0.3) is 0 Å². The van der Waals surface area contributed by atoms with Crippen molar-refractivity contribution in [1.82, 2.24) is 0 Å². The van der Waals surface area contributed by atoms with Crippen molar-refractivity contribution in [1.29, 1.82) is 0 Å². The maximum atomic E-state index is 10.0. The van der Waals surface area contributed by atoms with Crippen molar-refractivity contribution < 1.29 is 14.6 Å². The molecule has 0 aromatic carbocycles. The van der Waals surface area contributed by atoms with Gasteiger partial charge in [0, 0.05) is 6.42 Å². The second-order valence-electron chi connectivity index (χ2n) is 2.01. The molecule has 1 N–H and O–H groups in total. The molecule has 0 saturated carbocycles. The minimum Gasteiger partial charge on any atom is -0.479 e.